The summed E-state index contributed by atoms with van der Waals surface area (Å²) in [6, 6.07) is 0.0801. The summed E-state index contributed by atoms with van der Waals surface area (Å²) in [5, 5.41) is 0. The van der Waals surface area contributed by atoms with E-state index in [4.69, 9.17) is 9.47 Å². The molecule has 0 spiro atoms. The Morgan fingerprint density at radius 1 is 1.06 bits per heavy atom. The highest BCUT2D eigenvalue weighted by Crippen LogP contribution is 2.30. The number of fused-ring (bicyclic) bond motifs is 1. The normalized spacial score (nSPS) is 21.5. The average Bonchev–Trinajstić information content (AvgIpc) is 3.35. The van der Waals surface area contributed by atoms with E-state index in [1.807, 2.05) is 30.6 Å². The fourth-order valence-electron chi connectivity index (χ4n) is 4.90. The van der Waals surface area contributed by atoms with Crippen LogP contribution in [0, 0.1) is 0 Å². The molecule has 11 heteroatoms. The third-order valence-electron chi connectivity index (χ3n) is 6.76. The van der Waals surface area contributed by atoms with Crippen molar-refractivity contribution in [1.29, 1.82) is 0 Å². The van der Waals surface area contributed by atoms with E-state index in [-0.39, 0.29) is 43.1 Å². The van der Waals surface area contributed by atoms with Crippen LogP contribution in [0.3, 0.4) is 0 Å². The fraction of sp³-hybridized carbons (Fsp3) is 0.750. The number of esters is 1. The van der Waals surface area contributed by atoms with Gasteiger partial charge in [-0.2, -0.15) is 0 Å². The Balaban J connectivity index is 1.19. The Bertz CT molecular complexity index is 876. The van der Waals surface area contributed by atoms with Crippen LogP contribution < -0.4 is 0 Å². The van der Waals surface area contributed by atoms with Crippen molar-refractivity contribution in [2.24, 2.45) is 0 Å². The van der Waals surface area contributed by atoms with Gasteiger partial charge < -0.3 is 34.0 Å². The zero-order valence-electron chi connectivity index (χ0n) is 21.0. The quantitative estimate of drug-likeness (QED) is 0.515. The number of hydrogen-bond donors (Lipinski definition) is 0. The molecule has 4 aliphatic rings. The van der Waals surface area contributed by atoms with E-state index in [0.717, 1.165) is 12.8 Å². The van der Waals surface area contributed by atoms with Gasteiger partial charge >= 0.3 is 12.1 Å². The predicted molar refractivity (Wildman–Crippen MR) is 125 cm³/mol. The van der Waals surface area contributed by atoms with Gasteiger partial charge in [0.1, 0.15) is 11.3 Å². The maximum atomic E-state index is 13.0. The Morgan fingerprint density at radius 3 is 2.46 bits per heavy atom. The Kier molecular flexibility index (Phi) is 7.42. The van der Waals surface area contributed by atoms with Gasteiger partial charge in [0.25, 0.3) is 5.91 Å². The Hall–Kier alpha value is -2.98. The number of likely N-dealkylation sites (tertiary alicyclic amines) is 2. The summed E-state index contributed by atoms with van der Waals surface area (Å²) in [6.45, 7) is 8.82. The third kappa shape index (κ3) is 6.18. The second-order valence-corrected chi connectivity index (χ2v) is 10.6. The minimum atomic E-state index is -0.525. The number of carbonyl (C=O) groups is 4. The fourth-order valence-corrected chi connectivity index (χ4v) is 4.90. The van der Waals surface area contributed by atoms with Crippen molar-refractivity contribution in [2.75, 3.05) is 46.2 Å². The molecule has 0 radical (unpaired) electrons. The molecule has 0 bridgehead atoms. The summed E-state index contributed by atoms with van der Waals surface area (Å²) >= 11 is 0. The highest BCUT2D eigenvalue weighted by atomic mass is 16.6. The number of piperidine rings is 2. The SMILES string of the molecule is CC(C)(C)OC(=O)N1CCC(N2CN3CN(COC(=O)CCN4CCCCC4=O)C=C3C2=O)CC1. The summed E-state index contributed by atoms with van der Waals surface area (Å²) in [5.74, 6) is -0.274. The molecule has 3 amide bonds. The van der Waals surface area contributed by atoms with Crippen molar-refractivity contribution in [2.45, 2.75) is 70.9 Å². The van der Waals surface area contributed by atoms with E-state index in [1.165, 1.54) is 0 Å². The van der Waals surface area contributed by atoms with Gasteiger partial charge in [0.2, 0.25) is 5.91 Å². The highest BCUT2D eigenvalue weighted by molar-refractivity contribution is 5.95. The number of amides is 3. The van der Waals surface area contributed by atoms with Crippen LogP contribution in [0.1, 0.15) is 59.3 Å². The first-order chi connectivity index (χ1) is 16.6. The maximum absolute atomic E-state index is 13.0. The molecule has 11 nitrogen and oxygen atoms in total. The molecular weight excluding hydrogens is 454 g/mol. The van der Waals surface area contributed by atoms with Gasteiger partial charge in [0, 0.05) is 44.8 Å². The van der Waals surface area contributed by atoms with E-state index in [2.05, 4.69) is 0 Å². The van der Waals surface area contributed by atoms with E-state index in [1.54, 1.807) is 20.9 Å². The molecule has 0 aromatic heterocycles. The van der Waals surface area contributed by atoms with Crippen LogP contribution in [0.25, 0.3) is 0 Å². The molecule has 0 atom stereocenters. The van der Waals surface area contributed by atoms with E-state index in [9.17, 15) is 19.2 Å². The van der Waals surface area contributed by atoms with Crippen LogP contribution in [0.2, 0.25) is 0 Å². The van der Waals surface area contributed by atoms with Gasteiger partial charge in [-0.25, -0.2) is 4.79 Å². The molecule has 4 rings (SSSR count). The molecule has 35 heavy (non-hydrogen) atoms. The summed E-state index contributed by atoms with van der Waals surface area (Å²) in [4.78, 5) is 58.4. The molecule has 0 N–H and O–H groups in total. The monoisotopic (exact) mass is 491 g/mol. The Labute approximate surface area is 206 Å². The number of ether oxygens (including phenoxy) is 2. The molecule has 0 aromatic carbocycles. The number of nitrogens with zero attached hydrogens (tertiary/aromatic N) is 5. The molecule has 0 aromatic rings. The molecule has 4 aliphatic heterocycles. The first-order valence-electron chi connectivity index (χ1n) is 12.5. The third-order valence-corrected chi connectivity index (χ3v) is 6.76. The largest absolute Gasteiger partial charge is 0.444 e. The summed E-state index contributed by atoms with van der Waals surface area (Å²) in [5.41, 5.74) is 0.0809. The van der Waals surface area contributed by atoms with Crippen LogP contribution in [0.5, 0.6) is 0 Å². The summed E-state index contributed by atoms with van der Waals surface area (Å²) < 4.78 is 10.8. The maximum Gasteiger partial charge on any atom is 0.410 e. The van der Waals surface area contributed by atoms with Gasteiger partial charge in [-0.15, -0.1) is 0 Å². The van der Waals surface area contributed by atoms with Gasteiger partial charge in [-0.05, 0) is 46.5 Å². The van der Waals surface area contributed by atoms with E-state index in [0.29, 0.717) is 64.5 Å². The molecule has 0 aliphatic carbocycles. The lowest BCUT2D eigenvalue weighted by atomic mass is 10.0. The van der Waals surface area contributed by atoms with Crippen LogP contribution in [-0.4, -0.2) is 106 Å². The number of rotatable bonds is 6. The summed E-state index contributed by atoms with van der Waals surface area (Å²) in [6.07, 6.45) is 5.50. The molecule has 194 valence electrons. The lowest BCUT2D eigenvalue weighted by molar-refractivity contribution is -0.148. The van der Waals surface area contributed by atoms with E-state index >= 15 is 0 Å². The molecule has 0 saturated carbocycles. The smallest absolute Gasteiger partial charge is 0.410 e. The van der Waals surface area contributed by atoms with Gasteiger partial charge in [-0.3, -0.25) is 14.4 Å². The van der Waals surface area contributed by atoms with Crippen molar-refractivity contribution in [3.8, 4) is 0 Å². The van der Waals surface area contributed by atoms with Crippen LogP contribution >= 0.6 is 0 Å². The van der Waals surface area contributed by atoms with Crippen LogP contribution in [-0.2, 0) is 23.9 Å². The average molecular weight is 492 g/mol. The standard InChI is InChI=1S/C24H37N5O6/c1-24(2,3)35-23(33)27-11-7-18(8-12-27)29-16-28-15-25(14-19(28)22(29)32)17-34-21(31)9-13-26-10-5-4-6-20(26)30/h14,18H,4-13,15-17H2,1-3H3. The van der Waals surface area contributed by atoms with Gasteiger partial charge in [0.05, 0.1) is 19.8 Å². The molecule has 4 heterocycles. The zero-order valence-corrected chi connectivity index (χ0v) is 21.0. The first-order valence-corrected chi connectivity index (χ1v) is 12.5. The second kappa shape index (κ2) is 10.3. The lowest BCUT2D eigenvalue weighted by Crippen LogP contribution is -2.49. The van der Waals surface area contributed by atoms with E-state index < -0.39 is 5.60 Å². The minimum absolute atomic E-state index is 0.0295. The van der Waals surface area contributed by atoms with Gasteiger partial charge in [0.15, 0.2) is 6.73 Å². The van der Waals surface area contributed by atoms with Crippen molar-refractivity contribution < 1.29 is 28.7 Å². The first kappa shape index (κ1) is 25.1. The molecule has 3 fully saturated rings. The minimum Gasteiger partial charge on any atom is -0.444 e. The number of hydrogen-bond acceptors (Lipinski definition) is 8. The molecule has 0 unspecified atom stereocenters. The summed E-state index contributed by atoms with van der Waals surface area (Å²) in [7, 11) is 0. The van der Waals surface area contributed by atoms with Crippen molar-refractivity contribution in [3.05, 3.63) is 11.9 Å². The topological polar surface area (TPSA) is 103 Å². The predicted octanol–water partition coefficient (Wildman–Crippen LogP) is 1.51. The molecule has 3 saturated heterocycles. The van der Waals surface area contributed by atoms with Crippen LogP contribution in [0.4, 0.5) is 4.79 Å². The van der Waals surface area contributed by atoms with Gasteiger partial charge in [-0.1, -0.05) is 0 Å². The number of carbonyl (C=O) groups excluding carboxylic acids is 4. The van der Waals surface area contributed by atoms with Crippen molar-refractivity contribution >= 4 is 23.9 Å². The van der Waals surface area contributed by atoms with Crippen molar-refractivity contribution in [3.63, 3.8) is 0 Å². The second-order valence-electron chi connectivity index (χ2n) is 10.6. The zero-order chi connectivity index (χ0) is 25.2. The Morgan fingerprint density at radius 2 is 1.80 bits per heavy atom. The van der Waals surface area contributed by atoms with Crippen LogP contribution in [0.15, 0.2) is 11.9 Å². The lowest BCUT2D eigenvalue weighted by Gasteiger charge is -2.37. The molecular formula is C24H37N5O6. The van der Waals surface area contributed by atoms with Crippen molar-refractivity contribution in [1.82, 2.24) is 24.5 Å². The highest BCUT2D eigenvalue weighted by Gasteiger charge is 2.42.